The molecular weight excluding hydrogens is 336 g/mol. The van der Waals surface area contributed by atoms with E-state index in [0.717, 1.165) is 18.9 Å². The van der Waals surface area contributed by atoms with Gasteiger partial charge in [0.15, 0.2) is 0 Å². The molecule has 5 rings (SSSR count). The van der Waals surface area contributed by atoms with Gasteiger partial charge >= 0.3 is 0 Å². The monoisotopic (exact) mass is 351 g/mol. The molecule has 0 amide bonds. The second-order valence-corrected chi connectivity index (χ2v) is 6.70. The van der Waals surface area contributed by atoms with Crippen LogP contribution in [0.2, 0.25) is 0 Å². The summed E-state index contributed by atoms with van der Waals surface area (Å²) in [5.41, 5.74) is 8.62. The Labute approximate surface area is 147 Å². The summed E-state index contributed by atoms with van der Waals surface area (Å²) in [6.07, 6.45) is 3.82. The van der Waals surface area contributed by atoms with E-state index in [1.807, 2.05) is 0 Å². The highest BCUT2D eigenvalue weighted by Crippen LogP contribution is 2.44. The third-order valence-electron chi connectivity index (χ3n) is 4.98. The second-order valence-electron chi connectivity index (χ2n) is 6.70. The molecular formula is C20H15F2N3O. The number of anilines is 1. The Kier molecular flexibility index (Phi) is 3.01. The molecule has 0 radical (unpaired) electrons. The highest BCUT2D eigenvalue weighted by molar-refractivity contribution is 6.12. The predicted molar refractivity (Wildman–Crippen MR) is 96.9 cm³/mol. The first-order chi connectivity index (χ1) is 12.5. The van der Waals surface area contributed by atoms with Crippen LogP contribution in [0.1, 0.15) is 18.9 Å². The number of hydrogen-bond acceptors (Lipinski definition) is 3. The number of nitrogens with zero attached hydrogens (tertiary/aromatic N) is 2. The number of nitrogen functional groups attached to an aromatic ring is 1. The molecule has 2 aromatic carbocycles. The molecule has 3 N–H and O–H groups in total. The largest absolute Gasteiger partial charge is 0.494 e. The number of pyridine rings is 1. The molecule has 0 spiro atoms. The van der Waals surface area contributed by atoms with E-state index in [4.69, 9.17) is 5.73 Å². The second kappa shape index (κ2) is 5.17. The third-order valence-corrected chi connectivity index (χ3v) is 4.98. The maximum absolute atomic E-state index is 14.3. The molecule has 0 bridgehead atoms. The van der Waals surface area contributed by atoms with Crippen LogP contribution in [-0.4, -0.2) is 14.7 Å². The van der Waals surface area contributed by atoms with Gasteiger partial charge in [-0.25, -0.2) is 13.8 Å². The summed E-state index contributed by atoms with van der Waals surface area (Å²) in [6, 6.07) is 9.01. The van der Waals surface area contributed by atoms with Gasteiger partial charge in [-0.1, -0.05) is 18.2 Å². The van der Waals surface area contributed by atoms with Crippen molar-refractivity contribution in [3.63, 3.8) is 0 Å². The first-order valence-corrected chi connectivity index (χ1v) is 8.41. The van der Waals surface area contributed by atoms with Crippen molar-refractivity contribution in [1.29, 1.82) is 0 Å². The average Bonchev–Trinajstić information content (AvgIpc) is 3.39. The standard InChI is InChI=1S/C20H15F2N3O/c21-10-4-7-12(15(22)8-10)13-2-1-3-14-18(23)17-16(24-19(13)14)9-25(20(17)26)11-5-6-11/h1-4,7-9,11,26H,5-6,23H2. The maximum atomic E-state index is 14.3. The SMILES string of the molecule is Nc1c2cccc(-c3ccc(F)cc3F)c2nc2cn(C3CC3)c(O)c12. The molecule has 1 fully saturated rings. The Morgan fingerprint density at radius 1 is 1.12 bits per heavy atom. The number of hydrogen-bond donors (Lipinski definition) is 2. The van der Waals surface area contributed by atoms with Crippen molar-refractivity contribution in [3.8, 4) is 17.0 Å². The molecule has 0 saturated heterocycles. The Morgan fingerprint density at radius 2 is 1.92 bits per heavy atom. The molecule has 1 aliphatic carbocycles. The summed E-state index contributed by atoms with van der Waals surface area (Å²) < 4.78 is 29.4. The van der Waals surface area contributed by atoms with Crippen LogP contribution in [0.5, 0.6) is 5.88 Å². The quantitative estimate of drug-likeness (QED) is 0.547. The molecule has 6 heteroatoms. The fourth-order valence-electron chi connectivity index (χ4n) is 3.54. The molecule has 4 nitrogen and oxygen atoms in total. The molecule has 0 atom stereocenters. The van der Waals surface area contributed by atoms with Crippen LogP contribution in [0.4, 0.5) is 14.5 Å². The van der Waals surface area contributed by atoms with E-state index in [1.54, 1.807) is 29.0 Å². The van der Waals surface area contributed by atoms with Gasteiger partial charge in [-0.3, -0.25) is 0 Å². The van der Waals surface area contributed by atoms with E-state index < -0.39 is 11.6 Å². The van der Waals surface area contributed by atoms with Gasteiger partial charge in [0.05, 0.1) is 22.1 Å². The van der Waals surface area contributed by atoms with E-state index in [0.29, 0.717) is 33.1 Å². The Morgan fingerprint density at radius 3 is 2.65 bits per heavy atom. The normalized spacial score (nSPS) is 14.4. The number of para-hydroxylation sites is 1. The van der Waals surface area contributed by atoms with E-state index in [2.05, 4.69) is 4.98 Å². The average molecular weight is 351 g/mol. The van der Waals surface area contributed by atoms with Crippen LogP contribution in [-0.2, 0) is 0 Å². The van der Waals surface area contributed by atoms with Gasteiger partial charge in [-0.2, -0.15) is 0 Å². The number of benzene rings is 2. The van der Waals surface area contributed by atoms with Crippen molar-refractivity contribution in [3.05, 3.63) is 54.2 Å². The van der Waals surface area contributed by atoms with Gasteiger partial charge in [0.1, 0.15) is 11.6 Å². The summed E-state index contributed by atoms with van der Waals surface area (Å²) in [7, 11) is 0. The molecule has 2 heterocycles. The zero-order valence-electron chi connectivity index (χ0n) is 13.7. The highest BCUT2D eigenvalue weighted by atomic mass is 19.1. The van der Waals surface area contributed by atoms with Gasteiger partial charge in [0.25, 0.3) is 0 Å². The van der Waals surface area contributed by atoms with Crippen molar-refractivity contribution < 1.29 is 13.9 Å². The van der Waals surface area contributed by atoms with Crippen molar-refractivity contribution in [2.24, 2.45) is 0 Å². The van der Waals surface area contributed by atoms with Crippen LogP contribution in [0.3, 0.4) is 0 Å². The minimum absolute atomic E-state index is 0.118. The first-order valence-electron chi connectivity index (χ1n) is 8.41. The lowest BCUT2D eigenvalue weighted by Crippen LogP contribution is -1.94. The van der Waals surface area contributed by atoms with Crippen LogP contribution in [0.25, 0.3) is 32.9 Å². The van der Waals surface area contributed by atoms with Crippen LogP contribution in [0, 0.1) is 11.6 Å². The van der Waals surface area contributed by atoms with Gasteiger partial charge in [-0.05, 0) is 25.0 Å². The fourth-order valence-corrected chi connectivity index (χ4v) is 3.54. The summed E-state index contributed by atoms with van der Waals surface area (Å²) >= 11 is 0. The topological polar surface area (TPSA) is 64.1 Å². The zero-order chi connectivity index (χ0) is 18.0. The molecule has 0 aliphatic heterocycles. The zero-order valence-corrected chi connectivity index (χ0v) is 13.7. The van der Waals surface area contributed by atoms with Crippen LogP contribution < -0.4 is 5.73 Å². The van der Waals surface area contributed by atoms with E-state index in [-0.39, 0.29) is 17.5 Å². The third kappa shape index (κ3) is 2.08. The van der Waals surface area contributed by atoms with Crippen molar-refractivity contribution in [2.75, 3.05) is 5.73 Å². The highest BCUT2D eigenvalue weighted by Gasteiger charge is 2.28. The van der Waals surface area contributed by atoms with Crippen molar-refractivity contribution in [1.82, 2.24) is 9.55 Å². The summed E-state index contributed by atoms with van der Waals surface area (Å²) in [6.45, 7) is 0. The first kappa shape index (κ1) is 15.1. The van der Waals surface area contributed by atoms with Gasteiger partial charge in [0.2, 0.25) is 5.88 Å². The summed E-state index contributed by atoms with van der Waals surface area (Å²) in [5, 5.41) is 11.7. The molecule has 1 aliphatic rings. The molecule has 0 unspecified atom stereocenters. The van der Waals surface area contributed by atoms with Crippen molar-refractivity contribution >= 4 is 27.5 Å². The van der Waals surface area contributed by atoms with Gasteiger partial charge < -0.3 is 15.4 Å². The lowest BCUT2D eigenvalue weighted by molar-refractivity contribution is 0.424. The van der Waals surface area contributed by atoms with E-state index in [9.17, 15) is 13.9 Å². The van der Waals surface area contributed by atoms with Crippen LogP contribution >= 0.6 is 0 Å². The molecule has 1 saturated carbocycles. The number of aromatic hydroxyl groups is 1. The molecule has 2 aromatic heterocycles. The van der Waals surface area contributed by atoms with Gasteiger partial charge in [-0.15, -0.1) is 0 Å². The van der Waals surface area contributed by atoms with E-state index >= 15 is 0 Å². The lowest BCUT2D eigenvalue weighted by atomic mass is 10.00. The molecule has 4 aromatic rings. The minimum Gasteiger partial charge on any atom is -0.494 e. The summed E-state index contributed by atoms with van der Waals surface area (Å²) in [4.78, 5) is 4.65. The number of aromatic nitrogens is 2. The number of nitrogens with two attached hydrogens (primary N) is 1. The lowest BCUT2D eigenvalue weighted by Gasteiger charge is -2.10. The van der Waals surface area contributed by atoms with Crippen molar-refractivity contribution in [2.45, 2.75) is 18.9 Å². The maximum Gasteiger partial charge on any atom is 0.203 e. The number of fused-ring (bicyclic) bond motifs is 2. The number of rotatable bonds is 2. The predicted octanol–water partition coefficient (Wildman–Crippen LogP) is 4.76. The molecule has 130 valence electrons. The Balaban J connectivity index is 1.85. The Hall–Kier alpha value is -3.15. The van der Waals surface area contributed by atoms with Gasteiger partial charge in [0, 0.05) is 34.8 Å². The summed E-state index contributed by atoms with van der Waals surface area (Å²) in [5.74, 6) is -1.17. The Bertz CT molecular complexity index is 1200. The number of halogens is 2. The molecule has 26 heavy (non-hydrogen) atoms. The smallest absolute Gasteiger partial charge is 0.203 e. The minimum atomic E-state index is -0.656. The fraction of sp³-hybridized carbons (Fsp3) is 0.150. The van der Waals surface area contributed by atoms with E-state index in [1.165, 1.54) is 12.1 Å². The van der Waals surface area contributed by atoms with Crippen LogP contribution in [0.15, 0.2) is 42.6 Å².